The van der Waals surface area contributed by atoms with E-state index in [2.05, 4.69) is 4.98 Å². The van der Waals surface area contributed by atoms with Crippen LogP contribution in [-0.2, 0) is 5.41 Å². The van der Waals surface area contributed by atoms with E-state index in [-0.39, 0.29) is 5.41 Å². The van der Waals surface area contributed by atoms with Crippen LogP contribution in [0.25, 0.3) is 0 Å². The summed E-state index contributed by atoms with van der Waals surface area (Å²) >= 11 is 1.24. The number of anilines is 1. The number of rotatable bonds is 3. The summed E-state index contributed by atoms with van der Waals surface area (Å²) in [5.41, 5.74) is 0.428. The Labute approximate surface area is 99.9 Å². The monoisotopic (exact) mass is 242 g/mol. The lowest BCUT2D eigenvalue weighted by atomic mass is 9.91. The van der Waals surface area contributed by atoms with Gasteiger partial charge in [0, 0.05) is 19.0 Å². The number of carboxylic acid groups (broad SMARTS) is 1. The van der Waals surface area contributed by atoms with Crippen LogP contribution < -0.4 is 4.90 Å². The molecule has 0 saturated carbocycles. The van der Waals surface area contributed by atoms with Crippen molar-refractivity contribution in [2.45, 2.75) is 33.1 Å². The van der Waals surface area contributed by atoms with Gasteiger partial charge in [0.2, 0.25) is 0 Å². The summed E-state index contributed by atoms with van der Waals surface area (Å²) in [5.74, 6) is -0.891. The fraction of sp³-hybridized carbons (Fsp3) is 0.636. The molecule has 0 unspecified atom stereocenters. The highest BCUT2D eigenvalue weighted by Gasteiger charge is 2.27. The lowest BCUT2D eigenvalue weighted by Crippen LogP contribution is -2.18. The summed E-state index contributed by atoms with van der Waals surface area (Å²) in [6.07, 6.45) is 0. The Hall–Kier alpha value is -1.10. The topological polar surface area (TPSA) is 53.4 Å². The van der Waals surface area contributed by atoms with E-state index < -0.39 is 5.97 Å². The molecule has 5 heteroatoms. The molecule has 1 N–H and O–H groups in total. The zero-order valence-electron chi connectivity index (χ0n) is 10.4. The average Bonchev–Trinajstić information content (AvgIpc) is 2.60. The van der Waals surface area contributed by atoms with E-state index in [1.807, 2.05) is 39.6 Å². The number of aromatic nitrogens is 1. The lowest BCUT2D eigenvalue weighted by molar-refractivity contribution is 0.0699. The number of hydrogen-bond donors (Lipinski definition) is 1. The van der Waals surface area contributed by atoms with Crippen molar-refractivity contribution in [3.63, 3.8) is 0 Å². The van der Waals surface area contributed by atoms with Gasteiger partial charge in [-0.15, -0.1) is 0 Å². The van der Waals surface area contributed by atoms with Gasteiger partial charge in [-0.25, -0.2) is 9.78 Å². The Kier molecular flexibility index (Phi) is 3.57. The Morgan fingerprint density at radius 3 is 2.38 bits per heavy atom. The van der Waals surface area contributed by atoms with Crippen LogP contribution in [0.15, 0.2) is 0 Å². The van der Waals surface area contributed by atoms with Gasteiger partial charge >= 0.3 is 5.97 Å². The molecule has 16 heavy (non-hydrogen) atoms. The lowest BCUT2D eigenvalue weighted by Gasteiger charge is -2.16. The highest BCUT2D eigenvalue weighted by atomic mass is 32.1. The quantitative estimate of drug-likeness (QED) is 0.885. The van der Waals surface area contributed by atoms with Gasteiger partial charge in [-0.1, -0.05) is 32.1 Å². The molecule has 0 fully saturated rings. The van der Waals surface area contributed by atoms with Gasteiger partial charge in [-0.05, 0) is 6.92 Å². The molecular formula is C11H18N2O2S. The zero-order valence-corrected chi connectivity index (χ0v) is 11.2. The molecular weight excluding hydrogens is 224 g/mol. The average molecular weight is 242 g/mol. The van der Waals surface area contributed by atoms with E-state index in [1.54, 1.807) is 0 Å². The van der Waals surface area contributed by atoms with Crippen molar-refractivity contribution in [1.29, 1.82) is 0 Å². The minimum Gasteiger partial charge on any atom is -0.477 e. The Bertz CT molecular complexity index is 393. The first kappa shape index (κ1) is 13.0. The molecule has 1 rings (SSSR count). The van der Waals surface area contributed by atoms with E-state index in [9.17, 15) is 4.79 Å². The fourth-order valence-corrected chi connectivity index (χ4v) is 2.40. The van der Waals surface area contributed by atoms with E-state index in [1.165, 1.54) is 11.3 Å². The summed E-state index contributed by atoms with van der Waals surface area (Å²) in [6, 6.07) is 0. The molecule has 1 heterocycles. The van der Waals surface area contributed by atoms with Crippen molar-refractivity contribution >= 4 is 22.4 Å². The van der Waals surface area contributed by atoms with Crippen molar-refractivity contribution < 1.29 is 9.90 Å². The molecule has 1 aromatic rings. The van der Waals surface area contributed by atoms with E-state index >= 15 is 0 Å². The van der Waals surface area contributed by atoms with Crippen LogP contribution in [0.2, 0.25) is 0 Å². The summed E-state index contributed by atoms with van der Waals surface area (Å²) in [7, 11) is 1.91. The molecule has 90 valence electrons. The molecule has 0 aliphatic rings. The summed E-state index contributed by atoms with van der Waals surface area (Å²) in [5, 5.41) is 9.92. The number of carboxylic acids is 1. The van der Waals surface area contributed by atoms with E-state index in [4.69, 9.17) is 5.11 Å². The van der Waals surface area contributed by atoms with Gasteiger partial charge in [0.05, 0.1) is 5.69 Å². The maximum absolute atomic E-state index is 11.1. The van der Waals surface area contributed by atoms with Gasteiger partial charge in [0.1, 0.15) is 4.88 Å². The van der Waals surface area contributed by atoms with Crippen LogP contribution in [-0.4, -0.2) is 29.7 Å². The second kappa shape index (κ2) is 4.41. The standard InChI is InChI=1S/C11H18N2O2S/c1-6-13(5)10-12-8(11(2,3)4)7(16-10)9(14)15/h6H2,1-5H3,(H,14,15). The smallest absolute Gasteiger partial charge is 0.347 e. The van der Waals surface area contributed by atoms with Crippen LogP contribution in [0.3, 0.4) is 0 Å². The molecule has 0 saturated heterocycles. The number of nitrogens with zero attached hydrogens (tertiary/aromatic N) is 2. The molecule has 0 radical (unpaired) electrons. The van der Waals surface area contributed by atoms with Gasteiger partial charge in [0.25, 0.3) is 0 Å². The maximum Gasteiger partial charge on any atom is 0.347 e. The third-order valence-electron chi connectivity index (χ3n) is 2.32. The van der Waals surface area contributed by atoms with Gasteiger partial charge in [-0.2, -0.15) is 0 Å². The number of carbonyl (C=O) groups is 1. The SMILES string of the molecule is CCN(C)c1nc(C(C)(C)C)c(C(=O)O)s1. The number of thiazole rings is 1. The fourth-order valence-electron chi connectivity index (χ4n) is 1.26. The minimum absolute atomic E-state index is 0.239. The van der Waals surface area contributed by atoms with Crippen molar-refractivity contribution in [1.82, 2.24) is 4.98 Å². The van der Waals surface area contributed by atoms with E-state index in [0.29, 0.717) is 10.6 Å². The van der Waals surface area contributed by atoms with Crippen LogP contribution in [0.1, 0.15) is 43.1 Å². The number of hydrogen-bond acceptors (Lipinski definition) is 4. The van der Waals surface area contributed by atoms with Crippen molar-refractivity contribution in [3.05, 3.63) is 10.6 Å². The first-order valence-corrected chi connectivity index (χ1v) is 6.04. The summed E-state index contributed by atoms with van der Waals surface area (Å²) in [4.78, 5) is 17.9. The third kappa shape index (κ3) is 2.52. The molecule has 0 aliphatic carbocycles. The molecule has 1 aromatic heterocycles. The van der Waals surface area contributed by atoms with Crippen LogP contribution >= 0.6 is 11.3 Å². The van der Waals surface area contributed by atoms with E-state index in [0.717, 1.165) is 11.7 Å². The number of aromatic carboxylic acids is 1. The maximum atomic E-state index is 11.1. The highest BCUT2D eigenvalue weighted by Crippen LogP contribution is 2.33. The minimum atomic E-state index is -0.891. The second-order valence-corrected chi connectivity index (χ2v) is 5.72. The van der Waals surface area contributed by atoms with Crippen LogP contribution in [0, 0.1) is 0 Å². The van der Waals surface area contributed by atoms with Gasteiger partial charge in [-0.3, -0.25) is 0 Å². The van der Waals surface area contributed by atoms with Gasteiger partial charge in [0.15, 0.2) is 5.13 Å². The third-order valence-corrected chi connectivity index (χ3v) is 3.48. The van der Waals surface area contributed by atoms with Crippen LogP contribution in [0.4, 0.5) is 5.13 Å². The van der Waals surface area contributed by atoms with Crippen LogP contribution in [0.5, 0.6) is 0 Å². The molecule has 4 nitrogen and oxygen atoms in total. The predicted molar refractivity (Wildman–Crippen MR) is 66.7 cm³/mol. The molecule has 0 aliphatic heterocycles. The first-order valence-electron chi connectivity index (χ1n) is 5.23. The van der Waals surface area contributed by atoms with Crippen molar-refractivity contribution in [2.24, 2.45) is 0 Å². The largest absolute Gasteiger partial charge is 0.477 e. The molecule has 0 spiro atoms. The molecule has 0 bridgehead atoms. The molecule has 0 amide bonds. The Morgan fingerprint density at radius 1 is 1.50 bits per heavy atom. The summed E-state index contributed by atoms with van der Waals surface area (Å²) in [6.45, 7) is 8.76. The molecule has 0 aromatic carbocycles. The first-order chi connectivity index (χ1) is 7.27. The second-order valence-electron chi connectivity index (χ2n) is 4.74. The zero-order chi connectivity index (χ0) is 12.5. The molecule has 0 atom stereocenters. The normalized spacial score (nSPS) is 11.6. The Morgan fingerprint density at radius 2 is 2.06 bits per heavy atom. The van der Waals surface area contributed by atoms with Gasteiger partial charge < -0.3 is 10.0 Å². The summed E-state index contributed by atoms with van der Waals surface area (Å²) < 4.78 is 0. The predicted octanol–water partition coefficient (Wildman–Crippen LogP) is 2.59. The van der Waals surface area contributed by atoms with Crippen molar-refractivity contribution in [3.8, 4) is 0 Å². The highest BCUT2D eigenvalue weighted by molar-refractivity contribution is 7.17. The Balaban J connectivity index is 3.26. The van der Waals surface area contributed by atoms with Crippen molar-refractivity contribution in [2.75, 3.05) is 18.5 Å².